The molecule has 2 atom stereocenters. The number of ether oxygens (including phenoxy) is 1. The Kier molecular flexibility index (Phi) is 4.54. The molecule has 0 aliphatic heterocycles. The number of nitrogens with zero attached hydrogens (tertiary/aromatic N) is 2. The van der Waals surface area contributed by atoms with Crippen molar-refractivity contribution < 1.29 is 13.2 Å². The molecular weight excluding hydrogens is 290 g/mol. The maximum Gasteiger partial charge on any atom is 0.215 e. The normalized spacial score (nSPS) is 14.4. The third kappa shape index (κ3) is 3.77. The fourth-order valence-corrected chi connectivity index (χ4v) is 2.40. The standard InChI is InChI=1S/C14H17N3O3S/c1-10-5-3-4-6-13(10)20-14(11(2)21(15,18)19)12-7-8-16-9-17-12/h3-9,11,14H,1-2H3,(H2,15,18,19). The van der Waals surface area contributed by atoms with Gasteiger partial charge in [-0.25, -0.2) is 23.5 Å². The Bertz CT molecular complexity index is 704. The number of rotatable bonds is 5. The van der Waals surface area contributed by atoms with Crippen molar-refractivity contribution in [3.8, 4) is 5.75 Å². The van der Waals surface area contributed by atoms with E-state index in [0.29, 0.717) is 11.4 Å². The average molecular weight is 307 g/mol. The lowest BCUT2D eigenvalue weighted by Crippen LogP contribution is -2.34. The van der Waals surface area contributed by atoms with Gasteiger partial charge in [-0.15, -0.1) is 0 Å². The van der Waals surface area contributed by atoms with Crippen LogP contribution in [-0.4, -0.2) is 23.6 Å². The molecule has 21 heavy (non-hydrogen) atoms. The molecule has 0 fully saturated rings. The van der Waals surface area contributed by atoms with E-state index in [4.69, 9.17) is 9.88 Å². The predicted molar refractivity (Wildman–Crippen MR) is 79.1 cm³/mol. The number of aromatic nitrogens is 2. The molecule has 0 saturated heterocycles. The van der Waals surface area contributed by atoms with E-state index in [1.807, 2.05) is 25.1 Å². The molecule has 1 aromatic carbocycles. The molecule has 2 aromatic rings. The van der Waals surface area contributed by atoms with Gasteiger partial charge in [0.05, 0.1) is 5.69 Å². The molecule has 2 N–H and O–H groups in total. The number of sulfonamides is 1. The molecule has 2 rings (SSSR count). The Hall–Kier alpha value is -1.99. The van der Waals surface area contributed by atoms with Crippen molar-refractivity contribution in [1.29, 1.82) is 0 Å². The highest BCUT2D eigenvalue weighted by molar-refractivity contribution is 7.89. The monoisotopic (exact) mass is 307 g/mol. The maximum atomic E-state index is 11.7. The summed E-state index contributed by atoms with van der Waals surface area (Å²) in [6.45, 7) is 3.38. The van der Waals surface area contributed by atoms with Crippen LogP contribution in [0.15, 0.2) is 42.9 Å². The van der Waals surface area contributed by atoms with E-state index >= 15 is 0 Å². The second-order valence-corrected chi connectivity index (χ2v) is 6.65. The van der Waals surface area contributed by atoms with Gasteiger partial charge in [-0.3, -0.25) is 0 Å². The zero-order valence-corrected chi connectivity index (χ0v) is 12.6. The summed E-state index contributed by atoms with van der Waals surface area (Å²) in [5.74, 6) is 0.594. The number of aryl methyl sites for hydroxylation is 1. The molecule has 0 radical (unpaired) electrons. The number of nitrogens with two attached hydrogens (primary N) is 1. The van der Waals surface area contributed by atoms with Crippen LogP contribution < -0.4 is 9.88 Å². The highest BCUT2D eigenvalue weighted by Gasteiger charge is 2.31. The number of hydrogen-bond donors (Lipinski definition) is 1. The van der Waals surface area contributed by atoms with Crippen LogP contribution in [0.4, 0.5) is 0 Å². The minimum absolute atomic E-state index is 0.467. The third-order valence-corrected chi connectivity index (χ3v) is 4.47. The van der Waals surface area contributed by atoms with Crippen molar-refractivity contribution in [1.82, 2.24) is 9.97 Å². The molecule has 0 spiro atoms. The lowest BCUT2D eigenvalue weighted by Gasteiger charge is -2.24. The Labute approximate surface area is 124 Å². The lowest BCUT2D eigenvalue weighted by molar-refractivity contribution is 0.197. The molecule has 6 nitrogen and oxygen atoms in total. The summed E-state index contributed by atoms with van der Waals surface area (Å²) in [4.78, 5) is 7.91. The van der Waals surface area contributed by atoms with Gasteiger partial charge in [0.25, 0.3) is 0 Å². The van der Waals surface area contributed by atoms with Crippen molar-refractivity contribution in [3.63, 3.8) is 0 Å². The van der Waals surface area contributed by atoms with E-state index in [2.05, 4.69) is 9.97 Å². The summed E-state index contributed by atoms with van der Waals surface area (Å²) >= 11 is 0. The first-order valence-corrected chi connectivity index (χ1v) is 8.00. The van der Waals surface area contributed by atoms with Gasteiger partial charge in [0.1, 0.15) is 17.3 Å². The van der Waals surface area contributed by atoms with E-state index in [1.54, 1.807) is 12.1 Å². The first-order valence-electron chi connectivity index (χ1n) is 6.39. The smallest absolute Gasteiger partial charge is 0.215 e. The summed E-state index contributed by atoms with van der Waals surface area (Å²) in [6.07, 6.45) is 2.08. The molecule has 1 aromatic heterocycles. The van der Waals surface area contributed by atoms with Crippen molar-refractivity contribution in [2.75, 3.05) is 0 Å². The summed E-state index contributed by atoms with van der Waals surface area (Å²) < 4.78 is 29.2. The van der Waals surface area contributed by atoms with E-state index < -0.39 is 21.4 Å². The number of primary sulfonamides is 1. The zero-order valence-electron chi connectivity index (χ0n) is 11.8. The van der Waals surface area contributed by atoms with Crippen LogP contribution in [0.5, 0.6) is 5.75 Å². The SMILES string of the molecule is Cc1ccccc1OC(c1ccncn1)C(C)S(N)(=O)=O. The summed E-state index contributed by atoms with van der Waals surface area (Å²) in [7, 11) is -3.77. The van der Waals surface area contributed by atoms with E-state index in [0.717, 1.165) is 5.56 Å². The largest absolute Gasteiger partial charge is 0.482 e. The van der Waals surface area contributed by atoms with Gasteiger partial charge >= 0.3 is 0 Å². The van der Waals surface area contributed by atoms with Crippen LogP contribution in [0.2, 0.25) is 0 Å². The third-order valence-electron chi connectivity index (χ3n) is 3.19. The molecule has 0 bridgehead atoms. The van der Waals surface area contributed by atoms with Gasteiger partial charge in [0.2, 0.25) is 10.0 Å². The van der Waals surface area contributed by atoms with E-state index in [1.165, 1.54) is 19.4 Å². The minimum Gasteiger partial charge on any atom is -0.482 e. The molecule has 0 amide bonds. The summed E-state index contributed by atoms with van der Waals surface area (Å²) in [5, 5.41) is 4.32. The van der Waals surface area contributed by atoms with Gasteiger partial charge in [-0.1, -0.05) is 18.2 Å². The van der Waals surface area contributed by atoms with Crippen molar-refractivity contribution in [2.24, 2.45) is 5.14 Å². The van der Waals surface area contributed by atoms with Gasteiger partial charge in [-0.2, -0.15) is 0 Å². The van der Waals surface area contributed by atoms with Gasteiger partial charge in [0, 0.05) is 6.20 Å². The van der Waals surface area contributed by atoms with Gasteiger partial charge in [-0.05, 0) is 31.5 Å². The highest BCUT2D eigenvalue weighted by atomic mass is 32.2. The van der Waals surface area contributed by atoms with Crippen LogP contribution >= 0.6 is 0 Å². The van der Waals surface area contributed by atoms with Gasteiger partial charge in [0.15, 0.2) is 6.10 Å². The Morgan fingerprint density at radius 2 is 1.95 bits per heavy atom. The molecule has 0 saturated carbocycles. The zero-order chi connectivity index (χ0) is 15.5. The van der Waals surface area contributed by atoms with Crippen LogP contribution in [0.1, 0.15) is 24.3 Å². The first kappa shape index (κ1) is 15.4. The quantitative estimate of drug-likeness (QED) is 0.905. The van der Waals surface area contributed by atoms with Crippen molar-refractivity contribution in [3.05, 3.63) is 54.1 Å². The molecule has 0 aliphatic rings. The first-order chi connectivity index (χ1) is 9.89. The molecule has 1 heterocycles. The summed E-state index contributed by atoms with van der Waals surface area (Å²) in [6, 6.07) is 8.98. The van der Waals surface area contributed by atoms with Crippen molar-refractivity contribution in [2.45, 2.75) is 25.2 Å². The van der Waals surface area contributed by atoms with Crippen LogP contribution in [0.25, 0.3) is 0 Å². The Morgan fingerprint density at radius 3 is 2.52 bits per heavy atom. The van der Waals surface area contributed by atoms with E-state index in [9.17, 15) is 8.42 Å². The maximum absolute atomic E-state index is 11.7. The van der Waals surface area contributed by atoms with E-state index in [-0.39, 0.29) is 0 Å². The van der Waals surface area contributed by atoms with Crippen molar-refractivity contribution >= 4 is 10.0 Å². The topological polar surface area (TPSA) is 95.2 Å². The molecule has 0 aliphatic carbocycles. The molecular formula is C14H17N3O3S. The minimum atomic E-state index is -3.77. The number of benzene rings is 1. The fourth-order valence-electron chi connectivity index (χ4n) is 1.86. The second kappa shape index (κ2) is 6.19. The fraction of sp³-hybridized carbons (Fsp3) is 0.286. The molecule has 2 unspecified atom stereocenters. The molecule has 112 valence electrons. The second-order valence-electron chi connectivity index (χ2n) is 4.73. The lowest BCUT2D eigenvalue weighted by atomic mass is 10.1. The van der Waals surface area contributed by atoms with Crippen LogP contribution in [-0.2, 0) is 10.0 Å². The average Bonchev–Trinajstić information content (AvgIpc) is 2.46. The number of para-hydroxylation sites is 1. The Morgan fingerprint density at radius 1 is 1.24 bits per heavy atom. The molecule has 7 heteroatoms. The summed E-state index contributed by atoms with van der Waals surface area (Å²) in [5.41, 5.74) is 1.37. The Balaban J connectivity index is 2.40. The van der Waals surface area contributed by atoms with Gasteiger partial charge < -0.3 is 4.74 Å². The van der Waals surface area contributed by atoms with Crippen LogP contribution in [0, 0.1) is 6.92 Å². The number of hydrogen-bond acceptors (Lipinski definition) is 5. The van der Waals surface area contributed by atoms with Crippen LogP contribution in [0.3, 0.4) is 0 Å². The predicted octanol–water partition coefficient (Wildman–Crippen LogP) is 1.58. The highest BCUT2D eigenvalue weighted by Crippen LogP contribution is 2.28.